The number of para-hydroxylation sites is 1. The average molecular weight is 353 g/mol. The lowest BCUT2D eigenvalue weighted by Crippen LogP contribution is -2.28. The number of halogens is 4. The van der Waals surface area contributed by atoms with Gasteiger partial charge >= 0.3 is 6.18 Å². The Kier molecular flexibility index (Phi) is 4.09. The summed E-state index contributed by atoms with van der Waals surface area (Å²) >= 11 is 6.16. The third-order valence-corrected chi connectivity index (χ3v) is 4.07. The van der Waals surface area contributed by atoms with Crippen molar-refractivity contribution in [2.45, 2.75) is 13.1 Å². The predicted octanol–water partition coefficient (Wildman–Crippen LogP) is 4.85. The fourth-order valence-electron chi connectivity index (χ4n) is 2.57. The third kappa shape index (κ3) is 2.89. The molecule has 2 aromatic rings. The predicted molar refractivity (Wildman–Crippen MR) is 87.1 cm³/mol. The van der Waals surface area contributed by atoms with Crippen molar-refractivity contribution in [2.24, 2.45) is 4.99 Å². The van der Waals surface area contributed by atoms with Crippen molar-refractivity contribution in [2.75, 3.05) is 11.4 Å². The number of aliphatic imine (C=N–C) groups is 1. The average Bonchev–Trinajstić information content (AvgIpc) is 2.65. The Hall–Kier alpha value is -2.34. The minimum absolute atomic E-state index is 0.127. The van der Waals surface area contributed by atoms with Gasteiger partial charge in [-0.25, -0.2) is 0 Å². The summed E-state index contributed by atoms with van der Waals surface area (Å²) in [5.74, 6) is -0.444. The number of alkyl halides is 3. The summed E-state index contributed by atoms with van der Waals surface area (Å²) < 4.78 is 39.3. The van der Waals surface area contributed by atoms with Gasteiger partial charge in [0.15, 0.2) is 0 Å². The summed E-state index contributed by atoms with van der Waals surface area (Å²) in [6.45, 7) is 1.50. The molecule has 0 radical (unpaired) electrons. The first-order chi connectivity index (χ1) is 11.3. The lowest BCUT2D eigenvalue weighted by Gasteiger charge is -2.25. The van der Waals surface area contributed by atoms with Gasteiger partial charge in [0.05, 0.1) is 22.0 Å². The Labute approximate surface area is 141 Å². The summed E-state index contributed by atoms with van der Waals surface area (Å²) in [5, 5.41) is 0.272. The second-order valence-electron chi connectivity index (χ2n) is 5.31. The highest BCUT2D eigenvalue weighted by atomic mass is 35.5. The number of nitrogens with zero attached hydrogens (tertiary/aromatic N) is 2. The minimum Gasteiger partial charge on any atom is -0.279 e. The zero-order chi connectivity index (χ0) is 17.5. The SMILES string of the molecule is CC1=NCC(=O)N(c2ccccc2Cl)c2cc(C(F)(F)F)ccc21. The number of hydrogen-bond acceptors (Lipinski definition) is 2. The van der Waals surface area contributed by atoms with Gasteiger partial charge < -0.3 is 0 Å². The number of benzene rings is 2. The van der Waals surface area contributed by atoms with Gasteiger partial charge in [0.1, 0.15) is 6.54 Å². The number of carbonyl (C=O) groups excluding carboxylic acids is 1. The molecule has 0 atom stereocenters. The normalized spacial score (nSPS) is 15.0. The van der Waals surface area contributed by atoms with Crippen LogP contribution in [0.3, 0.4) is 0 Å². The van der Waals surface area contributed by atoms with Crippen LogP contribution in [-0.4, -0.2) is 18.2 Å². The molecule has 0 unspecified atom stereocenters. The summed E-state index contributed by atoms with van der Waals surface area (Å²) in [7, 11) is 0. The van der Waals surface area contributed by atoms with Crippen LogP contribution in [0.15, 0.2) is 47.5 Å². The number of fused-ring (bicyclic) bond motifs is 1. The van der Waals surface area contributed by atoms with Crippen molar-refractivity contribution < 1.29 is 18.0 Å². The van der Waals surface area contributed by atoms with Gasteiger partial charge in [0.25, 0.3) is 5.91 Å². The van der Waals surface area contributed by atoms with Gasteiger partial charge in [-0.2, -0.15) is 13.2 Å². The van der Waals surface area contributed by atoms with Crippen molar-refractivity contribution in [1.82, 2.24) is 0 Å². The van der Waals surface area contributed by atoms with Gasteiger partial charge in [0, 0.05) is 11.3 Å². The molecule has 0 saturated heterocycles. The Balaban J connectivity index is 2.27. The summed E-state index contributed by atoms with van der Waals surface area (Å²) in [4.78, 5) is 17.9. The largest absolute Gasteiger partial charge is 0.416 e. The Morgan fingerprint density at radius 1 is 1.12 bits per heavy atom. The van der Waals surface area contributed by atoms with Crippen molar-refractivity contribution >= 4 is 34.6 Å². The van der Waals surface area contributed by atoms with Crippen molar-refractivity contribution in [1.29, 1.82) is 0 Å². The number of hydrogen-bond donors (Lipinski definition) is 0. The number of carbonyl (C=O) groups is 1. The summed E-state index contributed by atoms with van der Waals surface area (Å²) in [6, 6.07) is 9.79. The molecule has 3 rings (SSSR count). The number of benzodiazepines with no additional fused rings is 1. The maximum atomic E-state index is 13.1. The molecule has 3 nitrogen and oxygen atoms in total. The zero-order valence-corrected chi connectivity index (χ0v) is 13.3. The zero-order valence-electron chi connectivity index (χ0n) is 12.6. The van der Waals surface area contributed by atoms with Gasteiger partial charge in [-0.05, 0) is 31.2 Å². The van der Waals surface area contributed by atoms with Crippen LogP contribution < -0.4 is 4.90 Å². The van der Waals surface area contributed by atoms with E-state index in [9.17, 15) is 18.0 Å². The number of anilines is 2. The van der Waals surface area contributed by atoms with Crippen LogP contribution in [0.5, 0.6) is 0 Å². The van der Waals surface area contributed by atoms with E-state index in [1.54, 1.807) is 31.2 Å². The van der Waals surface area contributed by atoms with Gasteiger partial charge in [-0.15, -0.1) is 0 Å². The van der Waals surface area contributed by atoms with Gasteiger partial charge in [-0.3, -0.25) is 14.7 Å². The lowest BCUT2D eigenvalue weighted by molar-refractivity contribution is -0.137. The molecule has 1 amide bonds. The van der Waals surface area contributed by atoms with Gasteiger partial charge in [0.2, 0.25) is 0 Å². The second kappa shape index (κ2) is 5.94. The van der Waals surface area contributed by atoms with E-state index in [0.29, 0.717) is 17.0 Å². The Bertz CT molecular complexity index is 846. The van der Waals surface area contributed by atoms with E-state index >= 15 is 0 Å². The van der Waals surface area contributed by atoms with Gasteiger partial charge in [-0.1, -0.05) is 29.8 Å². The summed E-state index contributed by atoms with van der Waals surface area (Å²) in [5.41, 5.74) is 0.590. The van der Waals surface area contributed by atoms with E-state index < -0.39 is 17.6 Å². The van der Waals surface area contributed by atoms with E-state index in [1.807, 2.05) is 0 Å². The molecular weight excluding hydrogens is 341 g/mol. The molecular formula is C17H12ClF3N2O. The van der Waals surface area contributed by atoms with Crippen LogP contribution >= 0.6 is 11.6 Å². The molecule has 0 saturated carbocycles. The molecule has 124 valence electrons. The van der Waals surface area contributed by atoms with E-state index in [4.69, 9.17) is 11.6 Å². The van der Waals surface area contributed by atoms with Crippen LogP contribution in [0.25, 0.3) is 0 Å². The standard InChI is InChI=1S/C17H12ClF3N2O/c1-10-12-7-6-11(17(19,20)21)8-15(12)23(16(24)9-22-10)14-5-3-2-4-13(14)18/h2-8H,9H2,1H3. The summed E-state index contributed by atoms with van der Waals surface area (Å²) in [6.07, 6.45) is -4.51. The maximum Gasteiger partial charge on any atom is 0.416 e. The lowest BCUT2D eigenvalue weighted by atomic mass is 10.0. The molecule has 0 spiro atoms. The molecule has 1 aliphatic rings. The maximum absolute atomic E-state index is 13.1. The van der Waals surface area contributed by atoms with Crippen molar-refractivity contribution in [3.63, 3.8) is 0 Å². The van der Waals surface area contributed by atoms with Crippen LogP contribution in [0.2, 0.25) is 5.02 Å². The van der Waals surface area contributed by atoms with E-state index in [2.05, 4.69) is 4.99 Å². The number of rotatable bonds is 1. The smallest absolute Gasteiger partial charge is 0.279 e. The third-order valence-electron chi connectivity index (χ3n) is 3.75. The van der Waals surface area contributed by atoms with Crippen LogP contribution in [0, 0.1) is 0 Å². The molecule has 1 heterocycles. The van der Waals surface area contributed by atoms with E-state index in [1.165, 1.54) is 11.0 Å². The molecule has 0 fully saturated rings. The van der Waals surface area contributed by atoms with Crippen LogP contribution in [-0.2, 0) is 11.0 Å². The van der Waals surface area contributed by atoms with Crippen molar-refractivity contribution in [3.8, 4) is 0 Å². The van der Waals surface area contributed by atoms with E-state index in [0.717, 1.165) is 12.1 Å². The highest BCUT2D eigenvalue weighted by molar-refractivity contribution is 6.34. The Morgan fingerprint density at radius 3 is 2.50 bits per heavy atom. The monoisotopic (exact) mass is 352 g/mol. The molecule has 7 heteroatoms. The second-order valence-corrected chi connectivity index (χ2v) is 5.72. The molecule has 1 aliphatic heterocycles. The number of amides is 1. The first-order valence-corrected chi connectivity index (χ1v) is 7.47. The topological polar surface area (TPSA) is 32.7 Å². The highest BCUT2D eigenvalue weighted by Gasteiger charge is 2.34. The molecule has 0 N–H and O–H groups in total. The van der Waals surface area contributed by atoms with Crippen LogP contribution in [0.1, 0.15) is 18.1 Å². The fraction of sp³-hybridized carbons (Fsp3) is 0.176. The first kappa shape index (κ1) is 16.5. The fourth-order valence-corrected chi connectivity index (χ4v) is 2.79. The Morgan fingerprint density at radius 2 is 1.83 bits per heavy atom. The molecule has 24 heavy (non-hydrogen) atoms. The molecule has 0 aliphatic carbocycles. The molecule has 2 aromatic carbocycles. The molecule has 0 bridgehead atoms. The first-order valence-electron chi connectivity index (χ1n) is 7.09. The molecule has 0 aromatic heterocycles. The van der Waals surface area contributed by atoms with Crippen LogP contribution in [0.4, 0.5) is 24.5 Å². The minimum atomic E-state index is -4.51. The van der Waals surface area contributed by atoms with E-state index in [-0.39, 0.29) is 17.3 Å². The van der Waals surface area contributed by atoms with Crippen molar-refractivity contribution in [3.05, 3.63) is 58.6 Å². The quantitative estimate of drug-likeness (QED) is 0.722. The highest BCUT2D eigenvalue weighted by Crippen LogP contribution is 2.39.